The number of benzene rings is 2. The summed E-state index contributed by atoms with van der Waals surface area (Å²) in [6.07, 6.45) is 0. The summed E-state index contributed by atoms with van der Waals surface area (Å²) in [6, 6.07) is 11.6. The zero-order valence-corrected chi connectivity index (χ0v) is 11.6. The SMILES string of the molecule is Oc1ccccc1-c1nnn2c1CNCc1cc(F)ccc1-2. The molecule has 0 atom stereocenters. The average molecular weight is 296 g/mol. The fourth-order valence-corrected chi connectivity index (χ4v) is 2.75. The summed E-state index contributed by atoms with van der Waals surface area (Å²) in [6.45, 7) is 1.09. The zero-order valence-electron chi connectivity index (χ0n) is 11.6. The molecule has 2 heterocycles. The molecule has 1 aliphatic rings. The van der Waals surface area contributed by atoms with Crippen LogP contribution in [0.2, 0.25) is 0 Å². The van der Waals surface area contributed by atoms with Crippen molar-refractivity contribution in [3.8, 4) is 22.7 Å². The summed E-state index contributed by atoms with van der Waals surface area (Å²) >= 11 is 0. The van der Waals surface area contributed by atoms with Crippen molar-refractivity contribution in [1.29, 1.82) is 0 Å². The Morgan fingerprint density at radius 2 is 2.00 bits per heavy atom. The first kappa shape index (κ1) is 13.0. The molecular formula is C16H13FN4O. The van der Waals surface area contributed by atoms with Gasteiger partial charge < -0.3 is 10.4 Å². The van der Waals surface area contributed by atoms with Gasteiger partial charge in [-0.25, -0.2) is 9.07 Å². The van der Waals surface area contributed by atoms with E-state index in [4.69, 9.17) is 0 Å². The number of phenolic OH excluding ortho intramolecular Hbond substituents is 1. The smallest absolute Gasteiger partial charge is 0.125 e. The minimum atomic E-state index is -0.273. The Labute approximate surface area is 126 Å². The molecule has 0 spiro atoms. The lowest BCUT2D eigenvalue weighted by atomic mass is 10.1. The van der Waals surface area contributed by atoms with E-state index in [2.05, 4.69) is 15.6 Å². The zero-order chi connectivity index (χ0) is 15.1. The third-order valence-electron chi connectivity index (χ3n) is 3.80. The van der Waals surface area contributed by atoms with Crippen LogP contribution >= 0.6 is 0 Å². The minimum Gasteiger partial charge on any atom is -0.507 e. The first-order valence-electron chi connectivity index (χ1n) is 6.96. The van der Waals surface area contributed by atoms with Crippen molar-refractivity contribution in [1.82, 2.24) is 20.3 Å². The van der Waals surface area contributed by atoms with E-state index in [-0.39, 0.29) is 11.6 Å². The second kappa shape index (κ2) is 4.92. The summed E-state index contributed by atoms with van der Waals surface area (Å²) in [4.78, 5) is 0. The molecule has 0 saturated heterocycles. The molecular weight excluding hydrogens is 283 g/mol. The van der Waals surface area contributed by atoms with Crippen molar-refractivity contribution < 1.29 is 9.50 Å². The van der Waals surface area contributed by atoms with Crippen LogP contribution in [0.1, 0.15) is 11.3 Å². The van der Waals surface area contributed by atoms with Crippen LogP contribution in [0.3, 0.4) is 0 Å². The predicted octanol–water partition coefficient (Wildman–Crippen LogP) is 2.38. The van der Waals surface area contributed by atoms with E-state index in [1.807, 2.05) is 6.07 Å². The number of fused-ring (bicyclic) bond motifs is 3. The molecule has 0 bridgehead atoms. The number of para-hydroxylation sites is 1. The predicted molar refractivity (Wildman–Crippen MR) is 79.0 cm³/mol. The van der Waals surface area contributed by atoms with E-state index >= 15 is 0 Å². The largest absolute Gasteiger partial charge is 0.507 e. The van der Waals surface area contributed by atoms with Crippen LogP contribution in [-0.2, 0) is 13.1 Å². The van der Waals surface area contributed by atoms with E-state index in [0.29, 0.717) is 24.3 Å². The molecule has 0 amide bonds. The lowest BCUT2D eigenvalue weighted by Crippen LogP contribution is -2.11. The average Bonchev–Trinajstić information content (AvgIpc) is 2.83. The summed E-state index contributed by atoms with van der Waals surface area (Å²) in [5, 5.41) is 21.7. The Bertz CT molecular complexity index is 859. The number of aromatic nitrogens is 3. The van der Waals surface area contributed by atoms with Gasteiger partial charge in [-0.2, -0.15) is 0 Å². The lowest BCUT2D eigenvalue weighted by molar-refractivity contribution is 0.477. The highest BCUT2D eigenvalue weighted by Gasteiger charge is 2.22. The van der Waals surface area contributed by atoms with Gasteiger partial charge in [-0.1, -0.05) is 17.3 Å². The summed E-state index contributed by atoms with van der Waals surface area (Å²) < 4.78 is 15.1. The first-order chi connectivity index (χ1) is 10.7. The summed E-state index contributed by atoms with van der Waals surface area (Å²) in [5.74, 6) is -0.112. The van der Waals surface area contributed by atoms with Gasteiger partial charge in [0.2, 0.25) is 0 Å². The highest BCUT2D eigenvalue weighted by molar-refractivity contribution is 5.69. The molecule has 4 rings (SSSR count). The minimum absolute atomic E-state index is 0.161. The van der Waals surface area contributed by atoms with E-state index in [9.17, 15) is 9.50 Å². The van der Waals surface area contributed by atoms with Crippen molar-refractivity contribution >= 4 is 0 Å². The maximum Gasteiger partial charge on any atom is 0.125 e. The van der Waals surface area contributed by atoms with E-state index in [0.717, 1.165) is 16.9 Å². The van der Waals surface area contributed by atoms with E-state index in [1.165, 1.54) is 12.1 Å². The second-order valence-corrected chi connectivity index (χ2v) is 5.19. The van der Waals surface area contributed by atoms with Crippen LogP contribution in [0.15, 0.2) is 42.5 Å². The van der Waals surface area contributed by atoms with Gasteiger partial charge in [-0.05, 0) is 35.9 Å². The van der Waals surface area contributed by atoms with Gasteiger partial charge in [0.15, 0.2) is 0 Å². The molecule has 0 radical (unpaired) electrons. The molecule has 2 aromatic carbocycles. The van der Waals surface area contributed by atoms with Crippen LogP contribution < -0.4 is 5.32 Å². The highest BCUT2D eigenvalue weighted by atomic mass is 19.1. The number of hydrogen-bond acceptors (Lipinski definition) is 4. The molecule has 2 N–H and O–H groups in total. The highest BCUT2D eigenvalue weighted by Crippen LogP contribution is 2.32. The van der Waals surface area contributed by atoms with E-state index in [1.54, 1.807) is 28.9 Å². The summed E-state index contributed by atoms with van der Waals surface area (Å²) in [5.41, 5.74) is 3.73. The monoisotopic (exact) mass is 296 g/mol. The Morgan fingerprint density at radius 1 is 1.14 bits per heavy atom. The molecule has 110 valence electrons. The molecule has 1 aromatic heterocycles. The third-order valence-corrected chi connectivity index (χ3v) is 3.80. The molecule has 0 aliphatic carbocycles. The fraction of sp³-hybridized carbons (Fsp3) is 0.125. The van der Waals surface area contributed by atoms with Crippen LogP contribution in [0, 0.1) is 5.82 Å². The van der Waals surface area contributed by atoms with Crippen molar-refractivity contribution in [3.05, 3.63) is 59.5 Å². The van der Waals surface area contributed by atoms with Gasteiger partial charge in [0.1, 0.15) is 17.3 Å². The molecule has 1 aliphatic heterocycles. The molecule has 6 heteroatoms. The van der Waals surface area contributed by atoms with Crippen LogP contribution in [0.4, 0.5) is 4.39 Å². The fourth-order valence-electron chi connectivity index (χ4n) is 2.75. The third kappa shape index (κ3) is 1.96. The molecule has 22 heavy (non-hydrogen) atoms. The van der Waals surface area contributed by atoms with Gasteiger partial charge >= 0.3 is 0 Å². The van der Waals surface area contributed by atoms with Crippen molar-refractivity contribution in [2.24, 2.45) is 0 Å². The van der Waals surface area contributed by atoms with Crippen molar-refractivity contribution in [3.63, 3.8) is 0 Å². The number of aromatic hydroxyl groups is 1. The summed E-state index contributed by atoms with van der Waals surface area (Å²) in [7, 11) is 0. The van der Waals surface area contributed by atoms with E-state index < -0.39 is 0 Å². The van der Waals surface area contributed by atoms with Gasteiger partial charge in [0.05, 0.1) is 11.4 Å². The molecule has 3 aromatic rings. The topological polar surface area (TPSA) is 63.0 Å². The quantitative estimate of drug-likeness (QED) is 0.724. The number of hydrogen-bond donors (Lipinski definition) is 2. The number of nitrogens with one attached hydrogen (secondary N) is 1. The Kier molecular flexibility index (Phi) is 2.90. The normalized spacial score (nSPS) is 13.3. The maximum absolute atomic E-state index is 13.4. The second-order valence-electron chi connectivity index (χ2n) is 5.19. The molecule has 0 fully saturated rings. The Morgan fingerprint density at radius 3 is 2.86 bits per heavy atom. The standard InChI is InChI=1S/C16H13FN4O/c17-11-5-6-13-10(7-11)8-18-9-14-16(19-20-21(13)14)12-3-1-2-4-15(12)22/h1-7,18,22H,8-9H2. The van der Waals surface area contributed by atoms with Gasteiger partial charge in [-0.15, -0.1) is 5.10 Å². The molecule has 5 nitrogen and oxygen atoms in total. The van der Waals surface area contributed by atoms with Crippen molar-refractivity contribution in [2.75, 3.05) is 0 Å². The van der Waals surface area contributed by atoms with Gasteiger partial charge in [0, 0.05) is 18.7 Å². The van der Waals surface area contributed by atoms with Crippen LogP contribution in [-0.4, -0.2) is 20.1 Å². The van der Waals surface area contributed by atoms with Gasteiger partial charge in [0.25, 0.3) is 0 Å². The maximum atomic E-state index is 13.4. The lowest BCUT2D eigenvalue weighted by Gasteiger charge is -2.07. The Hall–Kier alpha value is -2.73. The Balaban J connectivity index is 1.92. The first-order valence-corrected chi connectivity index (χ1v) is 6.96. The molecule has 0 unspecified atom stereocenters. The van der Waals surface area contributed by atoms with Crippen LogP contribution in [0.25, 0.3) is 16.9 Å². The number of halogens is 1. The number of rotatable bonds is 1. The number of nitrogens with zero attached hydrogens (tertiary/aromatic N) is 3. The molecule has 0 saturated carbocycles. The van der Waals surface area contributed by atoms with Crippen molar-refractivity contribution in [2.45, 2.75) is 13.1 Å². The number of phenols is 1. The van der Waals surface area contributed by atoms with Gasteiger partial charge in [-0.3, -0.25) is 0 Å². The van der Waals surface area contributed by atoms with Crippen LogP contribution in [0.5, 0.6) is 5.75 Å².